The second-order valence-electron chi connectivity index (χ2n) is 4.14. The van der Waals surface area contributed by atoms with E-state index in [1.54, 1.807) is 0 Å². The van der Waals surface area contributed by atoms with Crippen molar-refractivity contribution in [3.05, 3.63) is 23.8 Å². The smallest absolute Gasteiger partial charge is 0.315 e. The minimum Gasteiger partial charge on any atom is -0.493 e. The van der Waals surface area contributed by atoms with Crippen molar-refractivity contribution in [1.82, 2.24) is 5.32 Å². The van der Waals surface area contributed by atoms with Crippen LogP contribution >= 0.6 is 10.7 Å². The van der Waals surface area contributed by atoms with Crippen LogP contribution in [0.15, 0.2) is 23.1 Å². The Morgan fingerprint density at radius 3 is 2.75 bits per heavy atom. The van der Waals surface area contributed by atoms with E-state index in [0.29, 0.717) is 11.3 Å². The number of ether oxygens (including phenoxy) is 1. The van der Waals surface area contributed by atoms with Crippen LogP contribution in [0.4, 0.5) is 8.78 Å². The second-order valence-corrected chi connectivity index (χ2v) is 6.70. The van der Waals surface area contributed by atoms with Crippen molar-refractivity contribution in [3.8, 4) is 5.75 Å². The summed E-state index contributed by atoms with van der Waals surface area (Å²) in [5.41, 5.74) is 0.312. The van der Waals surface area contributed by atoms with Crippen molar-refractivity contribution in [1.29, 1.82) is 0 Å². The fourth-order valence-electron chi connectivity index (χ4n) is 1.91. The van der Waals surface area contributed by atoms with Gasteiger partial charge in [-0.15, -0.1) is 0 Å². The zero-order chi connectivity index (χ0) is 14.9. The molecule has 20 heavy (non-hydrogen) atoms. The molecule has 0 spiro atoms. The molecular formula is C11H10ClF2NO4S. The first-order valence-corrected chi connectivity index (χ1v) is 7.90. The van der Waals surface area contributed by atoms with Crippen LogP contribution in [0.25, 0.3) is 0 Å². The lowest BCUT2D eigenvalue weighted by molar-refractivity contribution is -0.132. The number of rotatable bonds is 3. The molecule has 1 N–H and O–H groups in total. The first-order valence-electron chi connectivity index (χ1n) is 5.59. The maximum atomic E-state index is 12.3. The molecule has 9 heteroatoms. The first-order chi connectivity index (χ1) is 9.29. The molecule has 1 unspecified atom stereocenters. The number of nitrogens with one attached hydrogen (secondary N) is 1. The van der Waals surface area contributed by atoms with E-state index >= 15 is 0 Å². The van der Waals surface area contributed by atoms with Gasteiger partial charge in [-0.3, -0.25) is 4.79 Å². The predicted molar refractivity (Wildman–Crippen MR) is 66.5 cm³/mol. The molecule has 1 aromatic rings. The SMILES string of the molecule is O=C(NC1CCOc2ccc(S(=O)(=O)Cl)cc21)C(F)F. The number of carbonyl (C=O) groups is 1. The topological polar surface area (TPSA) is 72.5 Å². The lowest BCUT2D eigenvalue weighted by Crippen LogP contribution is -2.35. The Morgan fingerprint density at radius 1 is 1.45 bits per heavy atom. The average molecular weight is 326 g/mol. The summed E-state index contributed by atoms with van der Waals surface area (Å²) in [4.78, 5) is 10.9. The van der Waals surface area contributed by atoms with Crippen LogP contribution in [0.2, 0.25) is 0 Å². The number of amides is 1. The first kappa shape index (κ1) is 15.0. The van der Waals surface area contributed by atoms with Gasteiger partial charge in [-0.05, 0) is 18.2 Å². The summed E-state index contributed by atoms with van der Waals surface area (Å²) in [5.74, 6) is -1.08. The molecule has 1 atom stereocenters. The van der Waals surface area contributed by atoms with Gasteiger partial charge in [0.2, 0.25) is 0 Å². The third-order valence-corrected chi connectivity index (χ3v) is 4.17. The van der Waals surface area contributed by atoms with Crippen LogP contribution in [0.5, 0.6) is 5.75 Å². The lowest BCUT2D eigenvalue weighted by atomic mass is 10.0. The van der Waals surface area contributed by atoms with Gasteiger partial charge in [-0.1, -0.05) is 0 Å². The van der Waals surface area contributed by atoms with Crippen LogP contribution in [-0.2, 0) is 13.8 Å². The summed E-state index contributed by atoms with van der Waals surface area (Å²) < 4.78 is 52.4. The highest BCUT2D eigenvalue weighted by molar-refractivity contribution is 8.13. The van der Waals surface area contributed by atoms with Crippen LogP contribution in [-0.4, -0.2) is 27.4 Å². The Bertz CT molecular complexity index is 635. The molecule has 0 aliphatic carbocycles. The van der Waals surface area contributed by atoms with E-state index in [0.717, 1.165) is 0 Å². The quantitative estimate of drug-likeness (QED) is 0.860. The van der Waals surface area contributed by atoms with Crippen LogP contribution in [0.3, 0.4) is 0 Å². The second kappa shape index (κ2) is 5.53. The molecule has 0 bridgehead atoms. The molecule has 2 rings (SSSR count). The molecule has 0 saturated heterocycles. The van der Waals surface area contributed by atoms with Crippen molar-refractivity contribution >= 4 is 25.6 Å². The fraction of sp³-hybridized carbons (Fsp3) is 0.364. The van der Waals surface area contributed by atoms with Crippen molar-refractivity contribution in [2.75, 3.05) is 6.61 Å². The van der Waals surface area contributed by atoms with Crippen LogP contribution in [0, 0.1) is 0 Å². The maximum Gasteiger partial charge on any atom is 0.315 e. The summed E-state index contributed by atoms with van der Waals surface area (Å²) >= 11 is 0. The molecule has 1 amide bonds. The molecular weight excluding hydrogens is 316 g/mol. The minimum absolute atomic E-state index is 0.181. The van der Waals surface area contributed by atoms with Gasteiger partial charge in [-0.25, -0.2) is 8.42 Å². The molecule has 0 fully saturated rings. The van der Waals surface area contributed by atoms with Gasteiger partial charge in [0.25, 0.3) is 15.0 Å². The number of hydrogen-bond donors (Lipinski definition) is 1. The maximum absolute atomic E-state index is 12.3. The van der Waals surface area contributed by atoms with Gasteiger partial charge in [0, 0.05) is 22.7 Å². The summed E-state index contributed by atoms with van der Waals surface area (Å²) in [6, 6.07) is 3.11. The molecule has 1 aliphatic rings. The number of fused-ring (bicyclic) bond motifs is 1. The van der Waals surface area contributed by atoms with E-state index in [2.05, 4.69) is 5.32 Å². The van der Waals surface area contributed by atoms with Crippen molar-refractivity contribution in [2.24, 2.45) is 0 Å². The van der Waals surface area contributed by atoms with Crippen LogP contribution < -0.4 is 10.1 Å². The molecule has 1 aliphatic heterocycles. The number of carbonyl (C=O) groups excluding carboxylic acids is 1. The van der Waals surface area contributed by atoms with Crippen molar-refractivity contribution in [3.63, 3.8) is 0 Å². The third kappa shape index (κ3) is 3.18. The van der Waals surface area contributed by atoms with Gasteiger partial charge < -0.3 is 10.1 Å². The van der Waals surface area contributed by atoms with E-state index in [9.17, 15) is 22.0 Å². The molecule has 0 saturated carbocycles. The molecule has 1 heterocycles. The van der Waals surface area contributed by atoms with E-state index in [1.165, 1.54) is 18.2 Å². The number of hydrogen-bond acceptors (Lipinski definition) is 4. The zero-order valence-electron chi connectivity index (χ0n) is 9.98. The number of alkyl halides is 2. The van der Waals surface area contributed by atoms with Gasteiger partial charge in [0.1, 0.15) is 5.75 Å². The summed E-state index contributed by atoms with van der Waals surface area (Å²) in [7, 11) is 1.28. The van der Waals surface area contributed by atoms with Crippen molar-refractivity contribution < 1.29 is 26.7 Å². The minimum atomic E-state index is -3.95. The Balaban J connectivity index is 2.36. The van der Waals surface area contributed by atoms with Gasteiger partial charge in [-0.2, -0.15) is 8.78 Å². The van der Waals surface area contributed by atoms with Gasteiger partial charge >= 0.3 is 6.43 Å². The summed E-state index contributed by atoms with van der Waals surface area (Å²) in [6.45, 7) is 0.230. The molecule has 1 aromatic carbocycles. The Morgan fingerprint density at radius 2 is 2.15 bits per heavy atom. The van der Waals surface area contributed by atoms with E-state index < -0.39 is 27.4 Å². The number of halogens is 3. The van der Waals surface area contributed by atoms with E-state index in [1.807, 2.05) is 0 Å². The number of benzene rings is 1. The summed E-state index contributed by atoms with van der Waals surface area (Å²) in [5, 5.41) is 2.15. The third-order valence-electron chi connectivity index (χ3n) is 2.82. The molecule has 0 radical (unpaired) electrons. The average Bonchev–Trinajstić information content (AvgIpc) is 2.37. The lowest BCUT2D eigenvalue weighted by Gasteiger charge is -2.26. The molecule has 0 aromatic heterocycles. The summed E-state index contributed by atoms with van der Waals surface area (Å²) in [6.07, 6.45) is -2.88. The Hall–Kier alpha value is -1.41. The predicted octanol–water partition coefficient (Wildman–Crippen LogP) is 1.82. The van der Waals surface area contributed by atoms with E-state index in [4.69, 9.17) is 15.4 Å². The van der Waals surface area contributed by atoms with E-state index in [-0.39, 0.29) is 17.9 Å². The fourth-order valence-corrected chi connectivity index (χ4v) is 2.70. The standard InChI is InChI=1S/C11H10ClF2NO4S/c12-20(17,18)6-1-2-9-7(5-6)8(3-4-19-9)15-11(16)10(13)14/h1-2,5,8,10H,3-4H2,(H,15,16). The largest absolute Gasteiger partial charge is 0.493 e. The Labute approximate surface area is 118 Å². The van der Waals surface area contributed by atoms with Gasteiger partial charge in [0.05, 0.1) is 17.5 Å². The highest BCUT2D eigenvalue weighted by atomic mass is 35.7. The van der Waals surface area contributed by atoms with Gasteiger partial charge in [0.15, 0.2) is 0 Å². The van der Waals surface area contributed by atoms with Crippen molar-refractivity contribution in [2.45, 2.75) is 23.8 Å². The highest BCUT2D eigenvalue weighted by Crippen LogP contribution is 2.34. The zero-order valence-corrected chi connectivity index (χ0v) is 11.5. The normalized spacial score (nSPS) is 18.3. The molecule has 110 valence electrons. The highest BCUT2D eigenvalue weighted by Gasteiger charge is 2.27. The molecule has 5 nitrogen and oxygen atoms in total. The Kier molecular flexibility index (Phi) is 4.14. The monoisotopic (exact) mass is 325 g/mol. The van der Waals surface area contributed by atoms with Crippen LogP contribution in [0.1, 0.15) is 18.0 Å².